The number of nitrogens with zero attached hydrogens (tertiary/aromatic N) is 2. The first-order valence-electron chi connectivity index (χ1n) is 11.5. The number of carbonyl (C=O) groups excluding carboxylic acids is 3. The molecule has 2 amide bonds. The van der Waals surface area contributed by atoms with Crippen LogP contribution in [0, 0.1) is 17.2 Å². The maximum atomic E-state index is 13.3. The third kappa shape index (κ3) is 5.11. The normalized spacial score (nSPS) is 13.8. The van der Waals surface area contributed by atoms with E-state index in [1.54, 1.807) is 86.7 Å². The van der Waals surface area contributed by atoms with Crippen molar-refractivity contribution in [2.75, 3.05) is 7.11 Å². The van der Waals surface area contributed by atoms with Gasteiger partial charge in [-0.05, 0) is 59.5 Å². The van der Waals surface area contributed by atoms with Crippen LogP contribution in [0.4, 0.5) is 0 Å². The fourth-order valence-electron chi connectivity index (χ4n) is 4.14. The van der Waals surface area contributed by atoms with E-state index in [-0.39, 0.29) is 22.6 Å². The van der Waals surface area contributed by atoms with E-state index in [2.05, 4.69) is 6.07 Å². The van der Waals surface area contributed by atoms with Gasteiger partial charge in [0.1, 0.15) is 6.04 Å². The molecule has 1 unspecified atom stereocenters. The lowest BCUT2D eigenvalue weighted by atomic mass is 10.0. The Labute approximate surface area is 219 Å². The fourth-order valence-corrected chi connectivity index (χ4v) is 4.27. The van der Waals surface area contributed by atoms with Crippen LogP contribution in [0.5, 0.6) is 11.5 Å². The molecule has 1 aliphatic heterocycles. The van der Waals surface area contributed by atoms with E-state index < -0.39 is 29.7 Å². The smallest absolute Gasteiger partial charge is 0.335 e. The number of allylic oxidation sites excluding steroid dienone is 1. The summed E-state index contributed by atoms with van der Waals surface area (Å²) >= 11 is 5.94. The lowest BCUT2D eigenvalue weighted by molar-refractivity contribution is -0.140. The first kappa shape index (κ1) is 25.7. The number of imide groups is 1. The Morgan fingerprint density at radius 1 is 0.973 bits per heavy atom. The molecule has 3 aromatic rings. The first-order chi connectivity index (χ1) is 17.7. The molecule has 0 aliphatic carbocycles. The molecule has 1 atom stereocenters. The molecule has 1 heterocycles. The van der Waals surface area contributed by atoms with E-state index in [9.17, 15) is 19.6 Å². The van der Waals surface area contributed by atoms with Crippen molar-refractivity contribution in [3.8, 4) is 17.6 Å². The van der Waals surface area contributed by atoms with Gasteiger partial charge < -0.3 is 9.47 Å². The number of hydrogen-bond acceptors (Lipinski definition) is 6. The average Bonchev–Trinajstić information content (AvgIpc) is 3.14. The van der Waals surface area contributed by atoms with Crippen molar-refractivity contribution in [2.24, 2.45) is 5.92 Å². The molecular weight excluding hydrogens is 492 g/mol. The predicted octanol–water partition coefficient (Wildman–Crippen LogP) is 5.64. The Kier molecular flexibility index (Phi) is 7.42. The van der Waals surface area contributed by atoms with Gasteiger partial charge in [0.2, 0.25) is 0 Å². The van der Waals surface area contributed by atoms with Crippen molar-refractivity contribution < 1.29 is 23.9 Å². The molecule has 0 N–H and O–H groups in total. The van der Waals surface area contributed by atoms with Crippen LogP contribution in [-0.4, -0.2) is 35.8 Å². The second-order valence-electron chi connectivity index (χ2n) is 8.72. The number of nitriles is 1. The lowest BCUT2D eigenvalue weighted by Gasteiger charge is -2.27. The molecule has 3 aromatic carbocycles. The van der Waals surface area contributed by atoms with Crippen LogP contribution < -0.4 is 9.47 Å². The molecule has 0 fully saturated rings. The summed E-state index contributed by atoms with van der Waals surface area (Å²) in [6.45, 7) is 3.47. The Bertz CT molecular complexity index is 1420. The van der Waals surface area contributed by atoms with Gasteiger partial charge in [-0.3, -0.25) is 14.5 Å². The van der Waals surface area contributed by atoms with Gasteiger partial charge in [-0.2, -0.15) is 5.26 Å². The van der Waals surface area contributed by atoms with Crippen LogP contribution in [0.1, 0.15) is 45.7 Å². The van der Waals surface area contributed by atoms with Crippen LogP contribution in [0.2, 0.25) is 5.02 Å². The van der Waals surface area contributed by atoms with Crippen LogP contribution in [0.15, 0.2) is 66.7 Å². The third-order valence-electron chi connectivity index (χ3n) is 5.96. The number of hydrogen-bond donors (Lipinski definition) is 0. The number of amides is 2. The Morgan fingerprint density at radius 3 is 2.14 bits per heavy atom. The zero-order chi connectivity index (χ0) is 26.7. The zero-order valence-corrected chi connectivity index (χ0v) is 21.2. The molecule has 1 aliphatic rings. The number of halogens is 1. The summed E-state index contributed by atoms with van der Waals surface area (Å²) in [5, 5.41) is 10.2. The first-order valence-corrected chi connectivity index (χ1v) is 11.9. The van der Waals surface area contributed by atoms with Crippen LogP contribution in [0.25, 0.3) is 11.6 Å². The maximum Gasteiger partial charge on any atom is 0.335 e. The highest BCUT2D eigenvalue weighted by atomic mass is 35.5. The second kappa shape index (κ2) is 10.7. The highest BCUT2D eigenvalue weighted by Gasteiger charge is 2.45. The van der Waals surface area contributed by atoms with Crippen molar-refractivity contribution in [2.45, 2.75) is 19.9 Å². The molecule has 8 heteroatoms. The van der Waals surface area contributed by atoms with E-state index in [1.165, 1.54) is 7.11 Å². The molecule has 0 spiro atoms. The summed E-state index contributed by atoms with van der Waals surface area (Å²) in [4.78, 5) is 40.2. The average molecular weight is 515 g/mol. The molecule has 186 valence electrons. The van der Waals surface area contributed by atoms with Gasteiger partial charge in [0.05, 0.1) is 29.9 Å². The number of fused-ring (bicyclic) bond motifs is 1. The van der Waals surface area contributed by atoms with Gasteiger partial charge in [-0.1, -0.05) is 55.8 Å². The van der Waals surface area contributed by atoms with Crippen molar-refractivity contribution >= 4 is 41.0 Å². The second-order valence-corrected chi connectivity index (χ2v) is 9.16. The van der Waals surface area contributed by atoms with Crippen LogP contribution in [0.3, 0.4) is 0 Å². The summed E-state index contributed by atoms with van der Waals surface area (Å²) in [5.74, 6) is -1.85. The molecular formula is C29H23ClN2O5. The maximum absolute atomic E-state index is 13.3. The number of ether oxygens (including phenoxy) is 2. The molecule has 0 saturated heterocycles. The van der Waals surface area contributed by atoms with E-state index in [4.69, 9.17) is 21.1 Å². The standard InChI is InChI=1S/C29H23ClN2O5/c1-17(2)26(32-27(33)22-6-4-5-7-23(22)28(32)34)29(35)37-24-13-8-18(15-25(24)36-3)14-20(16-31)19-9-11-21(30)12-10-19/h4-15,17,26H,1-3H3. The topological polar surface area (TPSA) is 96.7 Å². The Hall–Kier alpha value is -4.41. The fraction of sp³-hybridized carbons (Fsp3) is 0.172. The lowest BCUT2D eigenvalue weighted by Crippen LogP contribution is -2.49. The zero-order valence-electron chi connectivity index (χ0n) is 20.4. The highest BCUT2D eigenvalue weighted by molar-refractivity contribution is 6.30. The quantitative estimate of drug-likeness (QED) is 0.133. The van der Waals surface area contributed by atoms with E-state index in [0.29, 0.717) is 21.7 Å². The molecule has 37 heavy (non-hydrogen) atoms. The monoisotopic (exact) mass is 514 g/mol. The summed E-state index contributed by atoms with van der Waals surface area (Å²) in [5.41, 5.74) is 2.27. The molecule has 0 bridgehead atoms. The number of carbonyl (C=O) groups is 3. The van der Waals surface area contributed by atoms with Crippen molar-refractivity contribution in [1.82, 2.24) is 4.90 Å². The minimum atomic E-state index is -1.13. The van der Waals surface area contributed by atoms with Gasteiger partial charge in [-0.15, -0.1) is 0 Å². The Morgan fingerprint density at radius 2 is 1.59 bits per heavy atom. The minimum Gasteiger partial charge on any atom is -0.493 e. The summed E-state index contributed by atoms with van der Waals surface area (Å²) in [6.07, 6.45) is 1.67. The van der Waals surface area contributed by atoms with E-state index in [1.807, 2.05) is 0 Å². The number of methoxy groups -OCH3 is 1. The SMILES string of the molecule is COc1cc(C=C(C#N)c2ccc(Cl)cc2)ccc1OC(=O)C(C(C)C)N1C(=O)c2ccccc2C1=O. The number of esters is 1. The van der Waals surface area contributed by atoms with Crippen molar-refractivity contribution in [1.29, 1.82) is 5.26 Å². The van der Waals surface area contributed by atoms with Gasteiger partial charge >= 0.3 is 5.97 Å². The van der Waals surface area contributed by atoms with Crippen molar-refractivity contribution in [3.63, 3.8) is 0 Å². The largest absolute Gasteiger partial charge is 0.493 e. The summed E-state index contributed by atoms with van der Waals surface area (Å²) in [6, 6.07) is 19.2. The third-order valence-corrected chi connectivity index (χ3v) is 6.21. The van der Waals surface area contributed by atoms with Gasteiger partial charge in [0.25, 0.3) is 11.8 Å². The number of rotatable bonds is 7. The van der Waals surface area contributed by atoms with E-state index in [0.717, 1.165) is 4.90 Å². The minimum absolute atomic E-state index is 0.122. The van der Waals surface area contributed by atoms with Crippen molar-refractivity contribution in [3.05, 3.63) is 94.0 Å². The highest BCUT2D eigenvalue weighted by Crippen LogP contribution is 2.33. The molecule has 0 radical (unpaired) electrons. The van der Waals surface area contributed by atoms with Crippen LogP contribution in [-0.2, 0) is 4.79 Å². The molecule has 4 rings (SSSR count). The Balaban J connectivity index is 1.60. The number of benzene rings is 3. The predicted molar refractivity (Wildman–Crippen MR) is 139 cm³/mol. The molecule has 0 saturated carbocycles. The van der Waals surface area contributed by atoms with Gasteiger partial charge in [0, 0.05) is 5.02 Å². The summed E-state index contributed by atoms with van der Waals surface area (Å²) < 4.78 is 11.1. The van der Waals surface area contributed by atoms with Gasteiger partial charge in [0.15, 0.2) is 11.5 Å². The van der Waals surface area contributed by atoms with Crippen LogP contribution >= 0.6 is 11.6 Å². The summed E-state index contributed by atoms with van der Waals surface area (Å²) in [7, 11) is 1.43. The van der Waals surface area contributed by atoms with Gasteiger partial charge in [-0.25, -0.2) is 4.79 Å². The van der Waals surface area contributed by atoms with E-state index >= 15 is 0 Å². The molecule has 7 nitrogen and oxygen atoms in total. The molecule has 0 aromatic heterocycles.